The van der Waals surface area contributed by atoms with E-state index in [0.29, 0.717) is 11.4 Å². The molecule has 44 heavy (non-hydrogen) atoms. The molecule has 7 rings (SSSR count). The molecule has 0 aliphatic carbocycles. The van der Waals surface area contributed by atoms with E-state index in [1.807, 2.05) is 18.3 Å². The molecular weight excluding hydrogens is 544 g/mol. The number of aromatic nitrogens is 4. The Kier molecular flexibility index (Phi) is 8.58. The molecule has 3 aromatic carbocycles. The predicted octanol–water partition coefficient (Wildman–Crippen LogP) is 8.06. The molecule has 228 valence electrons. The second-order valence-corrected chi connectivity index (χ2v) is 12.9. The van der Waals surface area contributed by atoms with Gasteiger partial charge in [-0.3, -0.25) is 9.69 Å². The molecule has 0 spiro atoms. The molecule has 0 bridgehead atoms. The molecule has 2 unspecified atom stereocenters. The molecule has 7 heteroatoms. The highest BCUT2D eigenvalue weighted by molar-refractivity contribution is 5.92. The van der Waals surface area contributed by atoms with Gasteiger partial charge in [-0.2, -0.15) is 0 Å². The van der Waals surface area contributed by atoms with Crippen LogP contribution in [-0.4, -0.2) is 45.0 Å². The molecular formula is C37H44N6O. The zero-order chi connectivity index (χ0) is 29.9. The molecule has 0 amide bonds. The maximum atomic E-state index is 13.0. The van der Waals surface area contributed by atoms with E-state index in [4.69, 9.17) is 9.97 Å². The number of nitrogens with zero attached hydrogens (tertiary/aromatic N) is 3. The zero-order valence-corrected chi connectivity index (χ0v) is 25.9. The molecule has 4 heterocycles. The third-order valence-electron chi connectivity index (χ3n) is 9.78. The van der Waals surface area contributed by atoms with Crippen molar-refractivity contribution in [2.75, 3.05) is 20.1 Å². The van der Waals surface area contributed by atoms with Crippen LogP contribution in [0.4, 0.5) is 0 Å². The zero-order valence-electron chi connectivity index (χ0n) is 25.9. The van der Waals surface area contributed by atoms with E-state index in [-0.39, 0.29) is 11.6 Å². The largest absolute Gasteiger partial charge is 0.341 e. The highest BCUT2D eigenvalue weighted by Crippen LogP contribution is 2.32. The third kappa shape index (κ3) is 6.21. The number of fused-ring (bicyclic) bond motifs is 2. The van der Waals surface area contributed by atoms with Crippen LogP contribution < -0.4 is 10.9 Å². The van der Waals surface area contributed by atoms with Crippen molar-refractivity contribution in [3.8, 4) is 22.4 Å². The number of benzene rings is 3. The molecule has 2 aliphatic heterocycles. The highest BCUT2D eigenvalue weighted by atomic mass is 16.1. The van der Waals surface area contributed by atoms with Gasteiger partial charge in [0, 0.05) is 5.56 Å². The number of hydrogen-bond donors (Lipinski definition) is 3. The summed E-state index contributed by atoms with van der Waals surface area (Å²) in [6.45, 7) is 2.09. The summed E-state index contributed by atoms with van der Waals surface area (Å²) in [7, 11) is 2.23. The number of hydrogen-bond acceptors (Lipinski definition) is 5. The van der Waals surface area contributed by atoms with Crippen molar-refractivity contribution >= 4 is 21.7 Å². The summed E-state index contributed by atoms with van der Waals surface area (Å²) in [4.78, 5) is 32.0. The maximum absolute atomic E-state index is 13.0. The number of imidazole rings is 1. The molecule has 2 fully saturated rings. The van der Waals surface area contributed by atoms with Crippen molar-refractivity contribution in [3.63, 3.8) is 0 Å². The average Bonchev–Trinajstić information content (AvgIpc) is 3.56. The van der Waals surface area contributed by atoms with Crippen LogP contribution in [0.15, 0.2) is 65.6 Å². The van der Waals surface area contributed by atoms with Gasteiger partial charge in [-0.15, -0.1) is 0 Å². The first kappa shape index (κ1) is 28.9. The summed E-state index contributed by atoms with van der Waals surface area (Å²) in [6, 6.07) is 19.7. The molecule has 0 saturated carbocycles. The number of aromatic amines is 2. The normalized spacial score (nSPS) is 20.9. The Morgan fingerprint density at radius 1 is 0.727 bits per heavy atom. The number of nitrogens with one attached hydrogen (secondary N) is 3. The summed E-state index contributed by atoms with van der Waals surface area (Å²) >= 11 is 0. The van der Waals surface area contributed by atoms with E-state index >= 15 is 0 Å². The van der Waals surface area contributed by atoms with Crippen LogP contribution in [0.25, 0.3) is 44.1 Å². The lowest BCUT2D eigenvalue weighted by Gasteiger charge is -2.28. The van der Waals surface area contributed by atoms with Crippen molar-refractivity contribution in [1.82, 2.24) is 30.2 Å². The molecule has 7 nitrogen and oxygen atoms in total. The van der Waals surface area contributed by atoms with Crippen LogP contribution in [0.2, 0.25) is 0 Å². The first-order valence-electron chi connectivity index (χ1n) is 16.7. The summed E-state index contributed by atoms with van der Waals surface area (Å²) in [6.07, 6.45) is 15.4. The Balaban J connectivity index is 1.15. The topological polar surface area (TPSA) is 89.7 Å². The number of rotatable bonds is 4. The van der Waals surface area contributed by atoms with Gasteiger partial charge in [0.15, 0.2) is 0 Å². The van der Waals surface area contributed by atoms with Gasteiger partial charge in [-0.25, -0.2) is 9.97 Å². The van der Waals surface area contributed by atoms with Gasteiger partial charge < -0.3 is 15.3 Å². The van der Waals surface area contributed by atoms with Gasteiger partial charge in [0.05, 0.1) is 34.9 Å². The average molecular weight is 589 g/mol. The Morgan fingerprint density at radius 3 is 2.32 bits per heavy atom. The van der Waals surface area contributed by atoms with Crippen molar-refractivity contribution in [2.45, 2.75) is 82.7 Å². The molecule has 0 radical (unpaired) electrons. The number of H-pyrrole nitrogens is 2. The third-order valence-corrected chi connectivity index (χ3v) is 9.78. The quantitative estimate of drug-likeness (QED) is 0.198. The van der Waals surface area contributed by atoms with E-state index < -0.39 is 0 Å². The molecule has 3 N–H and O–H groups in total. The standard InChI is InChI=1S/C37H44N6O/c1-43-20-10-6-4-8-12-34(43)36-39-24-33(41-36)29-16-15-25-21-26(13-14-27(25)22-29)28-17-18-30-32(23-28)40-35(42-37(30)44)31-11-7-3-2-5-9-19-38-31/h13-18,21-24,31,34,38H,2-12,19-20H2,1H3,(H,39,41)(H,40,42,44). The van der Waals surface area contributed by atoms with Gasteiger partial charge in [0.25, 0.3) is 5.56 Å². The lowest BCUT2D eigenvalue weighted by molar-refractivity contribution is 0.202. The summed E-state index contributed by atoms with van der Waals surface area (Å²) < 4.78 is 0. The van der Waals surface area contributed by atoms with Crippen LogP contribution in [0.5, 0.6) is 0 Å². The molecule has 2 aromatic heterocycles. The second kappa shape index (κ2) is 13.0. The maximum Gasteiger partial charge on any atom is 0.258 e. The number of likely N-dealkylation sites (tertiary alicyclic amines) is 1. The Morgan fingerprint density at radius 2 is 1.43 bits per heavy atom. The van der Waals surface area contributed by atoms with Crippen molar-refractivity contribution < 1.29 is 0 Å². The van der Waals surface area contributed by atoms with Crippen LogP contribution in [0.1, 0.15) is 94.4 Å². The molecule has 2 atom stereocenters. The van der Waals surface area contributed by atoms with Crippen molar-refractivity contribution in [3.05, 3.63) is 82.8 Å². The van der Waals surface area contributed by atoms with E-state index in [1.165, 1.54) is 62.1 Å². The predicted molar refractivity (Wildman–Crippen MR) is 180 cm³/mol. The van der Waals surface area contributed by atoms with E-state index in [9.17, 15) is 4.79 Å². The fourth-order valence-corrected chi connectivity index (χ4v) is 7.14. The molecule has 5 aromatic rings. The van der Waals surface area contributed by atoms with Crippen LogP contribution in [0, 0.1) is 0 Å². The smallest absolute Gasteiger partial charge is 0.258 e. The van der Waals surface area contributed by atoms with E-state index in [0.717, 1.165) is 71.9 Å². The second-order valence-electron chi connectivity index (χ2n) is 12.9. The van der Waals surface area contributed by atoms with Crippen LogP contribution in [0.3, 0.4) is 0 Å². The van der Waals surface area contributed by atoms with Gasteiger partial charge in [-0.05, 0) is 92.0 Å². The summed E-state index contributed by atoms with van der Waals surface area (Å²) in [5, 5.41) is 6.64. The van der Waals surface area contributed by atoms with E-state index in [2.05, 4.69) is 69.7 Å². The Bertz CT molecular complexity index is 1800. The van der Waals surface area contributed by atoms with Gasteiger partial charge in [-0.1, -0.05) is 75.3 Å². The Labute approximate surface area is 259 Å². The molecule has 2 saturated heterocycles. The summed E-state index contributed by atoms with van der Waals surface area (Å²) in [5.74, 6) is 1.84. The van der Waals surface area contributed by atoms with Crippen molar-refractivity contribution in [2.24, 2.45) is 0 Å². The first-order valence-corrected chi connectivity index (χ1v) is 16.7. The highest BCUT2D eigenvalue weighted by Gasteiger charge is 2.22. The molecule has 2 aliphatic rings. The fourth-order valence-electron chi connectivity index (χ4n) is 7.14. The van der Waals surface area contributed by atoms with Crippen molar-refractivity contribution in [1.29, 1.82) is 0 Å². The minimum atomic E-state index is -0.0626. The summed E-state index contributed by atoms with van der Waals surface area (Å²) in [5.41, 5.74) is 5.09. The monoisotopic (exact) mass is 588 g/mol. The minimum absolute atomic E-state index is 0.0626. The minimum Gasteiger partial charge on any atom is -0.341 e. The van der Waals surface area contributed by atoms with Gasteiger partial charge in [0.1, 0.15) is 11.6 Å². The van der Waals surface area contributed by atoms with Gasteiger partial charge in [0.2, 0.25) is 0 Å². The lowest BCUT2D eigenvalue weighted by Crippen LogP contribution is -2.27. The van der Waals surface area contributed by atoms with Crippen LogP contribution in [-0.2, 0) is 0 Å². The SMILES string of the molecule is CN1CCCCCCC1c1ncc(-c2ccc3cc(-c4ccc5c(=O)[nH]c(C6CCCCCCCN6)nc5c4)ccc3c2)[nH]1. The van der Waals surface area contributed by atoms with Crippen LogP contribution >= 0.6 is 0 Å². The lowest BCUT2D eigenvalue weighted by atomic mass is 9.98. The first-order chi connectivity index (χ1) is 21.6. The Hall–Kier alpha value is -3.81. The van der Waals surface area contributed by atoms with Gasteiger partial charge >= 0.3 is 0 Å². The van der Waals surface area contributed by atoms with E-state index in [1.54, 1.807) is 0 Å². The fraction of sp³-hybridized carbons (Fsp3) is 0.432.